The molecule has 2 heterocycles. The second-order valence-electron chi connectivity index (χ2n) is 3.22. The van der Waals surface area contributed by atoms with Gasteiger partial charge in [-0.3, -0.25) is 4.40 Å². The molecule has 3 rings (SSSR count). The van der Waals surface area contributed by atoms with Crippen LogP contribution in [0, 0.1) is 0 Å². The number of aromatic nitrogens is 4. The van der Waals surface area contributed by atoms with Gasteiger partial charge in [0.25, 0.3) is 0 Å². The molecule has 0 amide bonds. The van der Waals surface area contributed by atoms with Crippen molar-refractivity contribution in [3.63, 3.8) is 0 Å². The van der Waals surface area contributed by atoms with E-state index in [0.29, 0.717) is 0 Å². The Balaban J connectivity index is 2.28. The Morgan fingerprint density at radius 1 is 0.933 bits per heavy atom. The summed E-state index contributed by atoms with van der Waals surface area (Å²) in [6.07, 6.45) is 5.15. The van der Waals surface area contributed by atoms with Crippen LogP contribution in [0.1, 0.15) is 0 Å². The van der Waals surface area contributed by atoms with Crippen molar-refractivity contribution in [1.82, 2.24) is 19.6 Å². The zero-order valence-electron chi connectivity index (χ0n) is 7.91. The van der Waals surface area contributed by atoms with E-state index in [-0.39, 0.29) is 0 Å². The predicted molar refractivity (Wildman–Crippen MR) is 56.2 cm³/mol. The van der Waals surface area contributed by atoms with Crippen LogP contribution in [-0.4, -0.2) is 19.6 Å². The molecule has 0 spiro atoms. The van der Waals surface area contributed by atoms with Crippen molar-refractivity contribution >= 4 is 5.52 Å². The van der Waals surface area contributed by atoms with Gasteiger partial charge in [-0.15, -0.1) is 5.10 Å². The van der Waals surface area contributed by atoms with Crippen LogP contribution < -0.4 is 0 Å². The van der Waals surface area contributed by atoms with Crippen molar-refractivity contribution in [3.05, 3.63) is 49.1 Å². The number of imidazole rings is 1. The van der Waals surface area contributed by atoms with Gasteiger partial charge in [0.1, 0.15) is 12.2 Å². The Bertz CT molecular complexity index is 586. The Morgan fingerprint density at radius 3 is 2.67 bits per heavy atom. The minimum absolute atomic E-state index is 0.889. The molecule has 0 saturated carbocycles. The molecule has 0 fully saturated rings. The van der Waals surface area contributed by atoms with E-state index in [2.05, 4.69) is 15.2 Å². The van der Waals surface area contributed by atoms with E-state index in [9.17, 15) is 0 Å². The van der Waals surface area contributed by atoms with Gasteiger partial charge in [-0.1, -0.05) is 30.3 Å². The zero-order valence-corrected chi connectivity index (χ0v) is 7.91. The second kappa shape index (κ2) is 3.16. The monoisotopic (exact) mass is 196 g/mol. The quantitative estimate of drug-likeness (QED) is 0.596. The molecule has 4 heteroatoms. The standard InChI is InChI=1S/C11H8N4/c1-2-4-9(5-3-1)11-12-6-10-7-13-14-8-15(10)11/h1-8H. The molecule has 15 heavy (non-hydrogen) atoms. The first-order valence-corrected chi connectivity index (χ1v) is 4.64. The molecular formula is C11H8N4. The third kappa shape index (κ3) is 1.27. The van der Waals surface area contributed by atoms with E-state index in [0.717, 1.165) is 16.9 Å². The highest BCUT2D eigenvalue weighted by Crippen LogP contribution is 2.17. The summed E-state index contributed by atoms with van der Waals surface area (Å²) in [7, 11) is 0. The van der Waals surface area contributed by atoms with Crippen molar-refractivity contribution in [1.29, 1.82) is 0 Å². The Hall–Kier alpha value is -2.23. The molecule has 72 valence electrons. The summed E-state index contributed by atoms with van der Waals surface area (Å²) < 4.78 is 1.92. The molecule has 0 aliphatic carbocycles. The summed E-state index contributed by atoms with van der Waals surface area (Å²) in [5, 5.41) is 7.65. The second-order valence-corrected chi connectivity index (χ2v) is 3.22. The van der Waals surface area contributed by atoms with Gasteiger partial charge in [-0.2, -0.15) is 5.10 Å². The summed E-state index contributed by atoms with van der Waals surface area (Å²) >= 11 is 0. The molecule has 3 aromatic rings. The molecule has 0 unspecified atom stereocenters. The third-order valence-electron chi connectivity index (χ3n) is 2.28. The molecular weight excluding hydrogens is 188 g/mol. The van der Waals surface area contributed by atoms with Crippen LogP contribution in [0.25, 0.3) is 16.9 Å². The average Bonchev–Trinajstić information content (AvgIpc) is 2.74. The molecule has 0 aliphatic rings. The van der Waals surface area contributed by atoms with Gasteiger partial charge in [-0.05, 0) is 0 Å². The van der Waals surface area contributed by atoms with Crippen molar-refractivity contribution in [2.45, 2.75) is 0 Å². The van der Waals surface area contributed by atoms with E-state index in [1.54, 1.807) is 18.7 Å². The lowest BCUT2D eigenvalue weighted by atomic mass is 10.2. The number of benzene rings is 1. The summed E-state index contributed by atoms with van der Waals surface area (Å²) in [5.41, 5.74) is 2.02. The highest BCUT2D eigenvalue weighted by Gasteiger charge is 2.04. The molecule has 0 aliphatic heterocycles. The highest BCUT2D eigenvalue weighted by atomic mass is 15.2. The number of rotatable bonds is 1. The van der Waals surface area contributed by atoms with Crippen LogP contribution in [0.2, 0.25) is 0 Å². The van der Waals surface area contributed by atoms with Gasteiger partial charge >= 0.3 is 0 Å². The summed E-state index contributed by atoms with van der Waals surface area (Å²) in [4.78, 5) is 4.35. The van der Waals surface area contributed by atoms with Gasteiger partial charge in [0, 0.05) is 5.56 Å². The van der Waals surface area contributed by atoms with E-state index in [1.165, 1.54) is 0 Å². The molecule has 2 aromatic heterocycles. The molecule has 0 atom stereocenters. The lowest BCUT2D eigenvalue weighted by Gasteiger charge is -1.98. The van der Waals surface area contributed by atoms with Crippen LogP contribution in [0.5, 0.6) is 0 Å². The maximum Gasteiger partial charge on any atom is 0.145 e. The van der Waals surface area contributed by atoms with E-state index >= 15 is 0 Å². The van der Waals surface area contributed by atoms with Gasteiger partial charge in [0.05, 0.1) is 17.9 Å². The van der Waals surface area contributed by atoms with E-state index < -0.39 is 0 Å². The van der Waals surface area contributed by atoms with Crippen molar-refractivity contribution in [3.8, 4) is 11.4 Å². The minimum Gasteiger partial charge on any atom is -0.280 e. The molecule has 1 aromatic carbocycles. The predicted octanol–water partition coefficient (Wildman–Crippen LogP) is 1.79. The Morgan fingerprint density at radius 2 is 1.80 bits per heavy atom. The number of hydrogen-bond acceptors (Lipinski definition) is 3. The van der Waals surface area contributed by atoms with Crippen molar-refractivity contribution in [2.75, 3.05) is 0 Å². The first-order chi connectivity index (χ1) is 7.45. The number of fused-ring (bicyclic) bond motifs is 1. The fourth-order valence-electron chi connectivity index (χ4n) is 1.57. The molecule has 0 N–H and O–H groups in total. The van der Waals surface area contributed by atoms with Crippen LogP contribution in [0.3, 0.4) is 0 Å². The van der Waals surface area contributed by atoms with Gasteiger partial charge in [0.15, 0.2) is 0 Å². The number of nitrogens with zero attached hydrogens (tertiary/aromatic N) is 4. The Kier molecular flexibility index (Phi) is 1.71. The molecule has 4 nitrogen and oxygen atoms in total. The summed E-state index contributed by atoms with van der Waals surface area (Å²) in [5.74, 6) is 0.889. The largest absolute Gasteiger partial charge is 0.280 e. The lowest BCUT2D eigenvalue weighted by Crippen LogP contribution is -1.91. The summed E-state index contributed by atoms with van der Waals surface area (Å²) in [6.45, 7) is 0. The van der Waals surface area contributed by atoms with Crippen LogP contribution in [0.4, 0.5) is 0 Å². The van der Waals surface area contributed by atoms with Gasteiger partial charge in [0.2, 0.25) is 0 Å². The van der Waals surface area contributed by atoms with Gasteiger partial charge in [-0.25, -0.2) is 4.98 Å². The van der Waals surface area contributed by atoms with E-state index in [1.807, 2.05) is 34.7 Å². The topological polar surface area (TPSA) is 43.1 Å². The van der Waals surface area contributed by atoms with Crippen molar-refractivity contribution in [2.24, 2.45) is 0 Å². The SMILES string of the molecule is c1ccc(-c2ncc3cnncn23)cc1. The smallest absolute Gasteiger partial charge is 0.145 e. The fourth-order valence-corrected chi connectivity index (χ4v) is 1.57. The maximum atomic E-state index is 4.35. The summed E-state index contributed by atoms with van der Waals surface area (Å²) in [6, 6.07) is 10.0. The first kappa shape index (κ1) is 8.11. The molecule has 0 saturated heterocycles. The normalized spacial score (nSPS) is 10.7. The van der Waals surface area contributed by atoms with Gasteiger partial charge < -0.3 is 0 Å². The Labute approximate surface area is 86.2 Å². The molecule has 0 bridgehead atoms. The maximum absolute atomic E-state index is 4.35. The highest BCUT2D eigenvalue weighted by molar-refractivity contribution is 5.61. The first-order valence-electron chi connectivity index (χ1n) is 4.64. The van der Waals surface area contributed by atoms with Crippen LogP contribution in [-0.2, 0) is 0 Å². The van der Waals surface area contributed by atoms with Crippen molar-refractivity contribution < 1.29 is 0 Å². The zero-order chi connectivity index (χ0) is 10.1. The fraction of sp³-hybridized carbons (Fsp3) is 0. The van der Waals surface area contributed by atoms with Crippen LogP contribution >= 0.6 is 0 Å². The lowest BCUT2D eigenvalue weighted by molar-refractivity contribution is 0.949. The average molecular weight is 196 g/mol. The van der Waals surface area contributed by atoms with E-state index in [4.69, 9.17) is 0 Å². The minimum atomic E-state index is 0.889. The number of hydrogen-bond donors (Lipinski definition) is 0. The van der Waals surface area contributed by atoms with Crippen LogP contribution in [0.15, 0.2) is 49.1 Å². The third-order valence-corrected chi connectivity index (χ3v) is 2.28. The molecule has 0 radical (unpaired) electrons.